The van der Waals surface area contributed by atoms with Gasteiger partial charge in [-0.2, -0.15) is 0 Å². The Bertz CT molecular complexity index is 1070. The van der Waals surface area contributed by atoms with Crippen molar-refractivity contribution in [2.24, 2.45) is 0 Å². The topological polar surface area (TPSA) is 67.3 Å². The van der Waals surface area contributed by atoms with Gasteiger partial charge in [0.25, 0.3) is 11.8 Å². The molecule has 118 valence electrons. The average molecular weight is 318 g/mol. The summed E-state index contributed by atoms with van der Waals surface area (Å²) >= 11 is 0. The van der Waals surface area contributed by atoms with E-state index < -0.39 is 0 Å². The van der Waals surface area contributed by atoms with Gasteiger partial charge in [-0.15, -0.1) is 0 Å². The number of nitrogens with zero attached hydrogens (tertiary/aromatic N) is 2. The molecule has 2 aromatic carbocycles. The van der Waals surface area contributed by atoms with E-state index in [2.05, 4.69) is 4.98 Å². The number of hydrogen-bond acceptors (Lipinski definition) is 4. The van der Waals surface area contributed by atoms with E-state index in [4.69, 9.17) is 0 Å². The number of carbonyl (C=O) groups is 3. The number of amides is 2. The zero-order valence-electron chi connectivity index (χ0n) is 13.3. The highest BCUT2D eigenvalue weighted by Crippen LogP contribution is 2.33. The minimum absolute atomic E-state index is 0.0746. The molecule has 0 fully saturated rings. The predicted molar refractivity (Wildman–Crippen MR) is 90.1 cm³/mol. The lowest BCUT2D eigenvalue weighted by Crippen LogP contribution is -2.24. The van der Waals surface area contributed by atoms with E-state index in [1.807, 2.05) is 30.3 Å². The van der Waals surface area contributed by atoms with E-state index in [0.717, 1.165) is 21.2 Å². The first-order valence-corrected chi connectivity index (χ1v) is 7.64. The van der Waals surface area contributed by atoms with Crippen LogP contribution in [0.2, 0.25) is 0 Å². The van der Waals surface area contributed by atoms with Crippen LogP contribution in [0, 0.1) is 0 Å². The number of pyridine rings is 1. The van der Waals surface area contributed by atoms with E-state index in [1.165, 1.54) is 14.0 Å². The Balaban J connectivity index is 2.15. The van der Waals surface area contributed by atoms with Crippen LogP contribution in [-0.4, -0.2) is 34.5 Å². The number of aromatic nitrogens is 1. The molecule has 24 heavy (non-hydrogen) atoms. The van der Waals surface area contributed by atoms with Crippen molar-refractivity contribution in [2.75, 3.05) is 7.05 Å². The highest BCUT2D eigenvalue weighted by Gasteiger charge is 2.36. The van der Waals surface area contributed by atoms with Gasteiger partial charge in [-0.3, -0.25) is 19.3 Å². The summed E-state index contributed by atoms with van der Waals surface area (Å²) < 4.78 is 0. The summed E-state index contributed by atoms with van der Waals surface area (Å²) in [5.74, 6) is -0.785. The van der Waals surface area contributed by atoms with Gasteiger partial charge < -0.3 is 0 Å². The normalized spacial score (nSPS) is 13.8. The Morgan fingerprint density at radius 3 is 2.58 bits per heavy atom. The summed E-state index contributed by atoms with van der Waals surface area (Å²) in [5, 5.41) is 1.71. The quantitative estimate of drug-likeness (QED) is 0.538. The van der Waals surface area contributed by atoms with Gasteiger partial charge in [-0.05, 0) is 30.7 Å². The smallest absolute Gasteiger partial charge is 0.261 e. The van der Waals surface area contributed by atoms with Gasteiger partial charge in [-0.1, -0.05) is 18.2 Å². The van der Waals surface area contributed by atoms with Crippen molar-refractivity contribution >= 4 is 39.4 Å². The Kier molecular flexibility index (Phi) is 3.00. The van der Waals surface area contributed by atoms with Crippen molar-refractivity contribution < 1.29 is 14.4 Å². The van der Waals surface area contributed by atoms with Crippen LogP contribution >= 0.6 is 0 Å². The zero-order chi connectivity index (χ0) is 17.0. The lowest BCUT2D eigenvalue weighted by atomic mass is 9.94. The number of imide groups is 1. The number of Topliss-reactive ketones (excluding diaryl/α,β-unsaturated/α-hetero) is 1. The van der Waals surface area contributed by atoms with Crippen LogP contribution < -0.4 is 0 Å². The van der Waals surface area contributed by atoms with Crippen molar-refractivity contribution in [3.63, 3.8) is 0 Å². The molecule has 0 atom stereocenters. The van der Waals surface area contributed by atoms with Crippen LogP contribution in [0.15, 0.2) is 36.4 Å². The summed E-state index contributed by atoms with van der Waals surface area (Å²) in [6.45, 7) is 1.47. The number of fused-ring (bicyclic) bond motifs is 3. The molecule has 0 aliphatic carbocycles. The van der Waals surface area contributed by atoms with Crippen LogP contribution in [0.3, 0.4) is 0 Å². The Morgan fingerprint density at radius 2 is 1.83 bits per heavy atom. The largest absolute Gasteiger partial charge is 0.300 e. The monoisotopic (exact) mass is 318 g/mol. The standard InChI is InChI=1S/C19H14N2O3/c1-10(22)7-13-16-14(18(23)21(2)19(16)24)9-12-8-11-5-3-4-6-15(11)20-17(12)13/h3-6,8-9H,7H2,1-2H3. The van der Waals surface area contributed by atoms with Gasteiger partial charge >= 0.3 is 0 Å². The van der Waals surface area contributed by atoms with Gasteiger partial charge in [0.1, 0.15) is 5.78 Å². The number of carbonyl (C=O) groups excluding carboxylic acids is 3. The molecule has 1 aliphatic rings. The number of para-hydroxylation sites is 1. The molecule has 5 nitrogen and oxygen atoms in total. The minimum Gasteiger partial charge on any atom is -0.300 e. The van der Waals surface area contributed by atoms with E-state index >= 15 is 0 Å². The zero-order valence-corrected chi connectivity index (χ0v) is 13.3. The van der Waals surface area contributed by atoms with Crippen molar-refractivity contribution in [1.82, 2.24) is 9.88 Å². The van der Waals surface area contributed by atoms with Gasteiger partial charge in [0.2, 0.25) is 0 Å². The second-order valence-corrected chi connectivity index (χ2v) is 6.08. The molecule has 2 amide bonds. The van der Waals surface area contributed by atoms with Crippen LogP contribution in [-0.2, 0) is 11.2 Å². The third kappa shape index (κ3) is 1.94. The number of benzene rings is 2. The van der Waals surface area contributed by atoms with Gasteiger partial charge in [0.05, 0.1) is 22.2 Å². The third-order valence-corrected chi connectivity index (χ3v) is 4.39. The molecule has 5 heteroatoms. The molecular formula is C19H14N2O3. The first-order chi connectivity index (χ1) is 11.5. The SMILES string of the molecule is CC(=O)Cc1c2c(cc3cc4ccccc4nc13)C(=O)N(C)C2=O. The summed E-state index contributed by atoms with van der Waals surface area (Å²) in [5.41, 5.74) is 2.61. The van der Waals surface area contributed by atoms with E-state index in [9.17, 15) is 14.4 Å². The molecule has 0 unspecified atom stereocenters. The maximum atomic E-state index is 12.5. The highest BCUT2D eigenvalue weighted by molar-refractivity contribution is 6.24. The van der Waals surface area contributed by atoms with E-state index in [0.29, 0.717) is 22.2 Å². The second kappa shape index (κ2) is 4.96. The Labute approximate surface area is 137 Å². The first kappa shape index (κ1) is 14.5. The van der Waals surface area contributed by atoms with Crippen LogP contribution in [0.4, 0.5) is 0 Å². The van der Waals surface area contributed by atoms with Crippen LogP contribution in [0.1, 0.15) is 33.2 Å². The summed E-state index contributed by atoms with van der Waals surface area (Å²) in [6, 6.07) is 11.3. The fraction of sp³-hybridized carbons (Fsp3) is 0.158. The van der Waals surface area contributed by atoms with E-state index in [1.54, 1.807) is 6.07 Å². The summed E-state index contributed by atoms with van der Waals surface area (Å²) in [4.78, 5) is 42.3. The van der Waals surface area contributed by atoms with Crippen molar-refractivity contribution in [3.8, 4) is 0 Å². The maximum Gasteiger partial charge on any atom is 0.261 e. The predicted octanol–water partition coefficient (Wildman–Crippen LogP) is 2.75. The number of ketones is 1. The molecule has 2 heterocycles. The average Bonchev–Trinajstić information content (AvgIpc) is 2.77. The van der Waals surface area contributed by atoms with Crippen LogP contribution in [0.5, 0.6) is 0 Å². The molecule has 3 aromatic rings. The van der Waals surface area contributed by atoms with E-state index in [-0.39, 0.29) is 24.0 Å². The molecule has 0 radical (unpaired) electrons. The van der Waals surface area contributed by atoms with Gasteiger partial charge in [0.15, 0.2) is 0 Å². The molecule has 0 saturated heterocycles. The lowest BCUT2D eigenvalue weighted by Gasteiger charge is -2.10. The van der Waals surface area contributed by atoms with Crippen molar-refractivity contribution in [3.05, 3.63) is 53.1 Å². The molecule has 0 bridgehead atoms. The fourth-order valence-corrected chi connectivity index (χ4v) is 3.27. The highest BCUT2D eigenvalue weighted by atomic mass is 16.2. The second-order valence-electron chi connectivity index (χ2n) is 6.08. The minimum atomic E-state index is -0.372. The molecule has 0 spiro atoms. The third-order valence-electron chi connectivity index (χ3n) is 4.39. The van der Waals surface area contributed by atoms with Gasteiger partial charge in [0, 0.05) is 24.2 Å². The van der Waals surface area contributed by atoms with Crippen LogP contribution in [0.25, 0.3) is 21.8 Å². The van der Waals surface area contributed by atoms with Gasteiger partial charge in [-0.25, -0.2) is 4.98 Å². The molecule has 0 saturated carbocycles. The van der Waals surface area contributed by atoms with Crippen molar-refractivity contribution in [1.29, 1.82) is 0 Å². The molecular weight excluding hydrogens is 304 g/mol. The molecule has 4 rings (SSSR count). The Hall–Kier alpha value is -3.08. The first-order valence-electron chi connectivity index (χ1n) is 7.64. The summed E-state index contributed by atoms with van der Waals surface area (Å²) in [7, 11) is 1.46. The number of rotatable bonds is 2. The lowest BCUT2D eigenvalue weighted by molar-refractivity contribution is -0.116. The number of hydrogen-bond donors (Lipinski definition) is 0. The van der Waals surface area contributed by atoms with Crippen molar-refractivity contribution in [2.45, 2.75) is 13.3 Å². The maximum absolute atomic E-state index is 12.5. The molecule has 0 N–H and O–H groups in total. The Morgan fingerprint density at radius 1 is 1.08 bits per heavy atom. The fourth-order valence-electron chi connectivity index (χ4n) is 3.27. The summed E-state index contributed by atoms with van der Waals surface area (Å²) in [6.07, 6.45) is 0.0812. The molecule has 1 aromatic heterocycles. The molecule has 1 aliphatic heterocycles.